The van der Waals surface area contributed by atoms with Crippen LogP contribution >= 0.6 is 0 Å². The van der Waals surface area contributed by atoms with Crippen LogP contribution in [0, 0.1) is 0 Å². The Morgan fingerprint density at radius 3 is 2.15 bits per heavy atom. The van der Waals surface area contributed by atoms with Crippen LogP contribution in [0.2, 0.25) is 12.6 Å². The molecule has 1 heterocycles. The van der Waals surface area contributed by atoms with Crippen LogP contribution in [0.3, 0.4) is 0 Å². The summed E-state index contributed by atoms with van der Waals surface area (Å²) in [4.78, 5) is 6.04. The summed E-state index contributed by atoms with van der Waals surface area (Å²) in [7, 11) is -0.0544. The molecule has 2 aromatic rings. The Labute approximate surface area is 165 Å². The van der Waals surface area contributed by atoms with E-state index in [4.69, 9.17) is 9.57 Å². The molecule has 0 saturated carbocycles. The minimum Gasteiger partial charge on any atom is -0.380 e. The van der Waals surface area contributed by atoms with Crippen LogP contribution in [0.1, 0.15) is 26.2 Å². The van der Waals surface area contributed by atoms with E-state index >= 15 is 0 Å². The van der Waals surface area contributed by atoms with Gasteiger partial charge in [0.25, 0.3) is 0 Å². The molecular weight excluding hydrogens is 350 g/mol. The predicted octanol–water partition coefficient (Wildman–Crippen LogP) is 3.70. The first-order valence-electron chi connectivity index (χ1n) is 10.2. The molecule has 1 saturated heterocycles. The number of nitrogens with zero attached hydrogens (tertiary/aromatic N) is 1. The maximum Gasteiger partial charge on any atom is 0.117 e. The van der Waals surface area contributed by atoms with Crippen molar-refractivity contribution < 1.29 is 9.57 Å². The zero-order valence-electron chi connectivity index (χ0n) is 16.9. The molecule has 0 spiro atoms. The molecule has 1 fully saturated rings. The lowest BCUT2D eigenvalue weighted by atomic mass is 10.1. The number of hydrogen-bond acceptors (Lipinski definition) is 3. The van der Waals surface area contributed by atoms with Gasteiger partial charge in [-0.3, -0.25) is 4.84 Å². The van der Waals surface area contributed by atoms with Crippen molar-refractivity contribution in [1.82, 2.24) is 5.06 Å². The summed E-state index contributed by atoms with van der Waals surface area (Å²) in [5, 5.41) is 5.14. The van der Waals surface area contributed by atoms with Crippen molar-refractivity contribution in [1.29, 1.82) is 0 Å². The molecular formula is C23H33NO2Si. The van der Waals surface area contributed by atoms with Crippen molar-refractivity contribution in [3.05, 3.63) is 60.7 Å². The Balaban J connectivity index is 1.89. The molecule has 2 atom stereocenters. The topological polar surface area (TPSA) is 21.7 Å². The quantitative estimate of drug-likeness (QED) is 0.616. The highest BCUT2D eigenvalue weighted by atomic mass is 28.3. The van der Waals surface area contributed by atoms with E-state index < -0.39 is 8.07 Å². The lowest BCUT2D eigenvalue weighted by molar-refractivity contribution is -0.188. The number of hydroxylamine groups is 2. The molecule has 0 radical (unpaired) electrons. The third-order valence-electron chi connectivity index (χ3n) is 5.87. The largest absolute Gasteiger partial charge is 0.380 e. The predicted molar refractivity (Wildman–Crippen MR) is 115 cm³/mol. The molecule has 2 aromatic carbocycles. The van der Waals surface area contributed by atoms with Crippen LogP contribution in [-0.4, -0.2) is 45.5 Å². The van der Waals surface area contributed by atoms with Gasteiger partial charge in [0, 0.05) is 13.7 Å². The molecule has 0 N–H and O–H groups in total. The second-order valence-corrected chi connectivity index (χ2v) is 12.0. The summed E-state index contributed by atoms with van der Waals surface area (Å²) in [5.74, 6) is 0. The second-order valence-electron chi connectivity index (χ2n) is 7.73. The van der Waals surface area contributed by atoms with Crippen molar-refractivity contribution in [2.45, 2.75) is 50.9 Å². The number of benzene rings is 2. The highest BCUT2D eigenvalue weighted by Gasteiger charge is 2.40. The molecule has 1 aliphatic rings. The summed E-state index contributed by atoms with van der Waals surface area (Å²) in [6.45, 7) is 6.45. The molecule has 27 heavy (non-hydrogen) atoms. The van der Waals surface area contributed by atoms with Gasteiger partial charge in [-0.2, -0.15) is 5.06 Å². The van der Waals surface area contributed by atoms with Gasteiger partial charge in [-0.25, -0.2) is 0 Å². The average molecular weight is 384 g/mol. The van der Waals surface area contributed by atoms with E-state index in [1.807, 2.05) is 7.11 Å². The number of rotatable bonds is 9. The molecule has 0 unspecified atom stereocenters. The zero-order chi connectivity index (χ0) is 19.1. The van der Waals surface area contributed by atoms with Crippen molar-refractivity contribution >= 4 is 18.4 Å². The van der Waals surface area contributed by atoms with E-state index in [1.165, 1.54) is 16.8 Å². The van der Waals surface area contributed by atoms with E-state index in [1.54, 1.807) is 0 Å². The minimum atomic E-state index is -1.92. The standard InChI is InChI=1S/C23H33NO2Si/c1-4-18-26-24-17-11-16-22(24)23(25-2)19-27(3,20-12-7-5-8-13-20)21-14-9-6-10-15-21/h5-10,12-15,22-23H,4,11,16-19H2,1-3H3/t22-,23+/m0/s1. The molecule has 1 aliphatic heterocycles. The van der Waals surface area contributed by atoms with Gasteiger partial charge in [-0.15, -0.1) is 0 Å². The summed E-state index contributed by atoms with van der Waals surface area (Å²) in [5.41, 5.74) is 0. The Hall–Kier alpha value is -1.46. The van der Waals surface area contributed by atoms with Gasteiger partial charge in [-0.1, -0.05) is 84.5 Å². The normalized spacial score (nSPS) is 19.3. The van der Waals surface area contributed by atoms with Gasteiger partial charge in [0.2, 0.25) is 0 Å². The molecule has 0 bridgehead atoms. The van der Waals surface area contributed by atoms with Crippen molar-refractivity contribution in [2.24, 2.45) is 0 Å². The van der Waals surface area contributed by atoms with Crippen LogP contribution in [-0.2, 0) is 9.57 Å². The summed E-state index contributed by atoms with van der Waals surface area (Å²) in [6, 6.07) is 23.5. The van der Waals surface area contributed by atoms with Gasteiger partial charge < -0.3 is 4.74 Å². The summed E-state index contributed by atoms with van der Waals surface area (Å²) < 4.78 is 6.10. The fraction of sp³-hybridized carbons (Fsp3) is 0.478. The third kappa shape index (κ3) is 4.69. The molecule has 3 rings (SSSR count). The van der Waals surface area contributed by atoms with Gasteiger partial charge >= 0.3 is 0 Å². The first-order chi connectivity index (χ1) is 13.2. The van der Waals surface area contributed by atoms with Crippen LogP contribution in [0.25, 0.3) is 0 Å². The highest BCUT2D eigenvalue weighted by molar-refractivity contribution is 7.01. The van der Waals surface area contributed by atoms with Gasteiger partial charge in [0.05, 0.1) is 18.8 Å². The monoisotopic (exact) mass is 383 g/mol. The van der Waals surface area contributed by atoms with E-state index in [0.717, 1.165) is 32.0 Å². The lowest BCUT2D eigenvalue weighted by Gasteiger charge is -2.37. The Morgan fingerprint density at radius 2 is 1.63 bits per heavy atom. The average Bonchev–Trinajstić information content (AvgIpc) is 3.20. The second kappa shape index (κ2) is 9.65. The molecule has 146 valence electrons. The van der Waals surface area contributed by atoms with E-state index in [-0.39, 0.29) is 6.10 Å². The van der Waals surface area contributed by atoms with E-state index in [2.05, 4.69) is 79.2 Å². The third-order valence-corrected chi connectivity index (χ3v) is 10.3. The molecule has 0 amide bonds. The molecule has 0 aromatic heterocycles. The highest BCUT2D eigenvalue weighted by Crippen LogP contribution is 2.27. The smallest absolute Gasteiger partial charge is 0.117 e. The number of ether oxygens (including phenoxy) is 1. The van der Waals surface area contributed by atoms with Gasteiger partial charge in [0.1, 0.15) is 8.07 Å². The van der Waals surface area contributed by atoms with E-state index in [0.29, 0.717) is 6.04 Å². The van der Waals surface area contributed by atoms with Crippen LogP contribution in [0.4, 0.5) is 0 Å². The minimum absolute atomic E-state index is 0.182. The molecule has 0 aliphatic carbocycles. The van der Waals surface area contributed by atoms with Crippen molar-refractivity contribution in [3.8, 4) is 0 Å². The fourth-order valence-electron chi connectivity index (χ4n) is 4.30. The summed E-state index contributed by atoms with van der Waals surface area (Å²) in [6.07, 6.45) is 3.56. The van der Waals surface area contributed by atoms with Crippen LogP contribution in [0.5, 0.6) is 0 Å². The maximum atomic E-state index is 6.10. The maximum absolute atomic E-state index is 6.10. The van der Waals surface area contributed by atoms with E-state index in [9.17, 15) is 0 Å². The van der Waals surface area contributed by atoms with Crippen molar-refractivity contribution in [3.63, 3.8) is 0 Å². The van der Waals surface area contributed by atoms with Crippen LogP contribution in [0.15, 0.2) is 60.7 Å². The Morgan fingerprint density at radius 1 is 1.04 bits per heavy atom. The van der Waals surface area contributed by atoms with Gasteiger partial charge in [0.15, 0.2) is 0 Å². The first-order valence-corrected chi connectivity index (χ1v) is 12.9. The fourth-order valence-corrected chi connectivity index (χ4v) is 8.20. The lowest BCUT2D eigenvalue weighted by Crippen LogP contribution is -2.59. The van der Waals surface area contributed by atoms with Crippen molar-refractivity contribution in [2.75, 3.05) is 20.3 Å². The molecule has 3 nitrogen and oxygen atoms in total. The Kier molecular flexibility index (Phi) is 7.24. The molecule has 4 heteroatoms. The number of hydrogen-bond donors (Lipinski definition) is 0. The Bertz CT molecular complexity index is 640. The summed E-state index contributed by atoms with van der Waals surface area (Å²) >= 11 is 0. The zero-order valence-corrected chi connectivity index (χ0v) is 17.9. The number of methoxy groups -OCH3 is 1. The van der Waals surface area contributed by atoms with Crippen LogP contribution < -0.4 is 10.4 Å². The SMILES string of the molecule is CCCON1CCC[C@H]1[C@@H](C[Si](C)(c1ccccc1)c1ccccc1)OC. The van der Waals surface area contributed by atoms with Gasteiger partial charge in [-0.05, 0) is 25.3 Å². The first kappa shape index (κ1) is 20.3.